The molecule has 3 aromatic rings. The lowest BCUT2D eigenvalue weighted by molar-refractivity contribution is 0.0699. The molecule has 0 fully saturated rings. The highest BCUT2D eigenvalue weighted by atomic mass is 35.5. The zero-order valence-corrected chi connectivity index (χ0v) is 11.4. The van der Waals surface area contributed by atoms with Gasteiger partial charge in [0.15, 0.2) is 0 Å². The number of rotatable bonds is 2. The fraction of sp³-hybridized carbons (Fsp3) is 0. The van der Waals surface area contributed by atoms with Crippen LogP contribution in [0.5, 0.6) is 0 Å². The van der Waals surface area contributed by atoms with Crippen LogP contribution in [0.1, 0.15) is 10.4 Å². The maximum Gasteiger partial charge on any atom is 0.336 e. The number of carboxylic acids is 1. The second kappa shape index (κ2) is 4.81. The monoisotopic (exact) mass is 308 g/mol. The van der Waals surface area contributed by atoms with E-state index in [4.69, 9.17) is 11.6 Å². The Balaban J connectivity index is 2.36. The summed E-state index contributed by atoms with van der Waals surface area (Å²) in [6, 6.07) is 3.85. The van der Waals surface area contributed by atoms with Gasteiger partial charge in [-0.1, -0.05) is 11.6 Å². The van der Waals surface area contributed by atoms with Gasteiger partial charge in [0.1, 0.15) is 5.82 Å². The topological polar surface area (TPSA) is 63.1 Å². The molecule has 3 rings (SSSR count). The molecule has 1 N–H and O–H groups in total. The molecule has 0 amide bonds. The summed E-state index contributed by atoms with van der Waals surface area (Å²) in [4.78, 5) is 20.3. The predicted octanol–water partition coefficient (Wildman–Crippen LogP) is 3.85. The highest BCUT2D eigenvalue weighted by molar-refractivity contribution is 7.13. The van der Waals surface area contributed by atoms with E-state index in [1.807, 2.05) is 0 Å². The average molecular weight is 309 g/mol. The van der Waals surface area contributed by atoms with Gasteiger partial charge in [-0.3, -0.25) is 4.98 Å². The van der Waals surface area contributed by atoms with Crippen LogP contribution < -0.4 is 0 Å². The first-order valence-electron chi connectivity index (χ1n) is 5.48. The molecule has 0 saturated heterocycles. The summed E-state index contributed by atoms with van der Waals surface area (Å²) in [5.41, 5.74) is 2.33. The van der Waals surface area contributed by atoms with Gasteiger partial charge in [0.25, 0.3) is 0 Å². The third kappa shape index (κ3) is 2.13. The molecule has 0 saturated carbocycles. The van der Waals surface area contributed by atoms with Crippen molar-refractivity contribution >= 4 is 39.8 Å². The SMILES string of the molecule is O=C(O)c1cc(-c2cncs2)nc2cc(F)c(Cl)cc12. The maximum absolute atomic E-state index is 13.5. The van der Waals surface area contributed by atoms with E-state index in [9.17, 15) is 14.3 Å². The maximum atomic E-state index is 13.5. The molecule has 2 aromatic heterocycles. The van der Waals surface area contributed by atoms with Crippen LogP contribution in [0, 0.1) is 5.82 Å². The van der Waals surface area contributed by atoms with Crippen molar-refractivity contribution in [2.75, 3.05) is 0 Å². The predicted molar refractivity (Wildman–Crippen MR) is 74.8 cm³/mol. The summed E-state index contributed by atoms with van der Waals surface area (Å²) >= 11 is 7.03. The number of carbonyl (C=O) groups is 1. The third-order valence-corrected chi connectivity index (χ3v) is 3.85. The van der Waals surface area contributed by atoms with Crippen LogP contribution in [-0.4, -0.2) is 21.0 Å². The van der Waals surface area contributed by atoms with Gasteiger partial charge in [0.2, 0.25) is 0 Å². The minimum Gasteiger partial charge on any atom is -0.478 e. The lowest BCUT2D eigenvalue weighted by Crippen LogP contribution is -2.00. The van der Waals surface area contributed by atoms with Crippen molar-refractivity contribution in [3.63, 3.8) is 0 Å². The Kier molecular flexibility index (Phi) is 3.11. The molecule has 2 heterocycles. The number of aromatic nitrogens is 2. The van der Waals surface area contributed by atoms with Gasteiger partial charge in [-0.15, -0.1) is 11.3 Å². The van der Waals surface area contributed by atoms with Gasteiger partial charge in [0, 0.05) is 17.6 Å². The molecule has 20 heavy (non-hydrogen) atoms. The van der Waals surface area contributed by atoms with Crippen molar-refractivity contribution in [2.45, 2.75) is 0 Å². The normalized spacial score (nSPS) is 10.9. The summed E-state index contributed by atoms with van der Waals surface area (Å²) < 4.78 is 13.5. The van der Waals surface area contributed by atoms with Crippen LogP contribution in [-0.2, 0) is 0 Å². The van der Waals surface area contributed by atoms with Gasteiger partial charge in [-0.25, -0.2) is 14.2 Å². The molecule has 0 atom stereocenters. The van der Waals surface area contributed by atoms with Gasteiger partial charge < -0.3 is 5.11 Å². The number of hydrogen-bond donors (Lipinski definition) is 1. The number of benzene rings is 1. The van der Waals surface area contributed by atoms with E-state index < -0.39 is 11.8 Å². The molecule has 0 spiro atoms. The van der Waals surface area contributed by atoms with Crippen LogP contribution in [0.25, 0.3) is 21.5 Å². The number of halogens is 2. The third-order valence-electron chi connectivity index (χ3n) is 2.77. The van der Waals surface area contributed by atoms with E-state index in [0.717, 1.165) is 6.07 Å². The van der Waals surface area contributed by atoms with E-state index in [2.05, 4.69) is 9.97 Å². The first-order chi connectivity index (χ1) is 9.56. The number of carboxylic acid groups (broad SMARTS) is 1. The number of aromatic carboxylic acids is 1. The van der Waals surface area contributed by atoms with Crippen molar-refractivity contribution in [2.24, 2.45) is 0 Å². The van der Waals surface area contributed by atoms with Crippen molar-refractivity contribution in [1.29, 1.82) is 0 Å². The van der Waals surface area contributed by atoms with E-state index in [1.165, 1.54) is 23.5 Å². The number of pyridine rings is 1. The van der Waals surface area contributed by atoms with Crippen LogP contribution in [0.3, 0.4) is 0 Å². The lowest BCUT2D eigenvalue weighted by atomic mass is 10.1. The van der Waals surface area contributed by atoms with Gasteiger partial charge in [-0.2, -0.15) is 0 Å². The van der Waals surface area contributed by atoms with Crippen LogP contribution in [0.15, 0.2) is 29.9 Å². The van der Waals surface area contributed by atoms with Crippen molar-refractivity contribution < 1.29 is 14.3 Å². The van der Waals surface area contributed by atoms with Crippen LogP contribution in [0.2, 0.25) is 5.02 Å². The summed E-state index contributed by atoms with van der Waals surface area (Å²) in [6.45, 7) is 0. The average Bonchev–Trinajstić information content (AvgIpc) is 2.92. The Morgan fingerprint density at radius 3 is 2.80 bits per heavy atom. The van der Waals surface area contributed by atoms with E-state index >= 15 is 0 Å². The molecule has 4 nitrogen and oxygen atoms in total. The highest BCUT2D eigenvalue weighted by Crippen LogP contribution is 2.29. The van der Waals surface area contributed by atoms with E-state index in [1.54, 1.807) is 11.7 Å². The fourth-order valence-electron chi connectivity index (χ4n) is 1.87. The largest absolute Gasteiger partial charge is 0.478 e. The lowest BCUT2D eigenvalue weighted by Gasteiger charge is -2.06. The second-order valence-corrected chi connectivity index (χ2v) is 5.30. The minimum absolute atomic E-state index is 0.0281. The quantitative estimate of drug-likeness (QED) is 0.781. The number of fused-ring (bicyclic) bond motifs is 1. The molecule has 0 aliphatic heterocycles. The summed E-state index contributed by atoms with van der Waals surface area (Å²) in [5.74, 6) is -1.75. The Labute approximate surface area is 121 Å². The van der Waals surface area contributed by atoms with Gasteiger partial charge in [-0.05, 0) is 12.1 Å². The fourth-order valence-corrected chi connectivity index (χ4v) is 2.61. The molecular formula is C13H6ClFN2O2S. The first-order valence-corrected chi connectivity index (χ1v) is 6.74. The Hall–Kier alpha value is -2.05. The summed E-state index contributed by atoms with van der Waals surface area (Å²) in [6.07, 6.45) is 1.58. The van der Waals surface area contributed by atoms with Gasteiger partial charge >= 0.3 is 5.97 Å². The zero-order valence-electron chi connectivity index (χ0n) is 9.80. The molecular weight excluding hydrogens is 303 g/mol. The Morgan fingerprint density at radius 1 is 1.35 bits per heavy atom. The Morgan fingerprint density at radius 2 is 2.15 bits per heavy atom. The van der Waals surface area contributed by atoms with Gasteiger partial charge in [0.05, 0.1) is 32.2 Å². The molecule has 0 bridgehead atoms. The second-order valence-electron chi connectivity index (χ2n) is 4.01. The standard InChI is InChI=1S/C13H6ClFN2O2S/c14-8-1-6-7(13(18)19)2-11(12-4-16-5-20-12)17-10(6)3-9(8)15/h1-5H,(H,18,19). The molecule has 0 aliphatic carbocycles. The van der Waals surface area contributed by atoms with E-state index in [0.29, 0.717) is 16.0 Å². The van der Waals surface area contributed by atoms with Crippen molar-refractivity contribution in [3.8, 4) is 10.6 Å². The van der Waals surface area contributed by atoms with Crippen LogP contribution in [0.4, 0.5) is 4.39 Å². The molecule has 0 radical (unpaired) electrons. The van der Waals surface area contributed by atoms with E-state index in [-0.39, 0.29) is 16.1 Å². The molecule has 7 heteroatoms. The minimum atomic E-state index is -1.12. The first kappa shape index (κ1) is 13.0. The number of thiazole rings is 1. The summed E-state index contributed by atoms with van der Waals surface area (Å²) in [5, 5.41) is 9.46. The molecule has 100 valence electrons. The number of hydrogen-bond acceptors (Lipinski definition) is 4. The number of nitrogens with zero attached hydrogens (tertiary/aromatic N) is 2. The molecule has 1 aromatic carbocycles. The Bertz CT molecular complexity index is 821. The van der Waals surface area contributed by atoms with Crippen molar-refractivity contribution in [1.82, 2.24) is 9.97 Å². The highest BCUT2D eigenvalue weighted by Gasteiger charge is 2.15. The summed E-state index contributed by atoms with van der Waals surface area (Å²) in [7, 11) is 0. The smallest absolute Gasteiger partial charge is 0.336 e. The zero-order chi connectivity index (χ0) is 14.3. The van der Waals surface area contributed by atoms with Crippen LogP contribution >= 0.6 is 22.9 Å². The molecule has 0 aliphatic rings. The molecule has 0 unspecified atom stereocenters. The van der Waals surface area contributed by atoms with Crippen molar-refractivity contribution in [3.05, 3.63) is 46.3 Å².